The number of rotatable bonds is 11. The molecule has 0 saturated carbocycles. The van der Waals surface area contributed by atoms with E-state index in [0.29, 0.717) is 0 Å². The third-order valence-electron chi connectivity index (χ3n) is 7.69. The Labute approximate surface area is 220 Å². The molecule has 1 aromatic heterocycles. The molecule has 1 N–H and O–H groups in total. The molecule has 1 radical (unpaired) electrons. The summed E-state index contributed by atoms with van der Waals surface area (Å²) in [6.07, 6.45) is 5.26. The average molecular weight is 556 g/mol. The van der Waals surface area contributed by atoms with Crippen LogP contribution in [0.15, 0.2) is 42.5 Å². The molecule has 36 heavy (non-hydrogen) atoms. The van der Waals surface area contributed by atoms with Crippen molar-refractivity contribution in [1.82, 2.24) is 9.97 Å². The van der Waals surface area contributed by atoms with Crippen LogP contribution in [0.25, 0.3) is 11.0 Å². The van der Waals surface area contributed by atoms with Crippen molar-refractivity contribution < 1.29 is 18.7 Å². The third-order valence-corrected chi connectivity index (χ3v) is 11.4. The van der Waals surface area contributed by atoms with Crippen molar-refractivity contribution in [3.63, 3.8) is 0 Å². The fraction of sp³-hybridized carbons (Fsp3) is 0.517. The average Bonchev–Trinajstić information content (AvgIpc) is 3.27. The first-order valence-corrected chi connectivity index (χ1v) is 15.2. The predicted octanol–water partition coefficient (Wildman–Crippen LogP) is 5.98. The Kier molecular flexibility index (Phi) is 8.57. The Hall–Kier alpha value is -2.17. The SMILES string of the molecule is CCC1(C(C)C)c2ccc(F)cc2CCC1(OC(=O)COC)[As]CCCCc1nc2ccccc2[nH]1. The van der Waals surface area contributed by atoms with E-state index < -0.39 is 4.39 Å². The second kappa shape index (κ2) is 11.5. The van der Waals surface area contributed by atoms with E-state index in [1.165, 1.54) is 7.11 Å². The fourth-order valence-electron chi connectivity index (χ4n) is 6.10. The molecule has 1 aliphatic carbocycles. The second-order valence-electron chi connectivity index (χ2n) is 10.0. The van der Waals surface area contributed by atoms with Crippen molar-refractivity contribution in [1.29, 1.82) is 0 Å². The maximum atomic E-state index is 14.1. The summed E-state index contributed by atoms with van der Waals surface area (Å²) in [6.45, 7) is 6.55. The van der Waals surface area contributed by atoms with E-state index in [4.69, 9.17) is 14.5 Å². The van der Waals surface area contributed by atoms with E-state index in [0.717, 1.165) is 71.7 Å². The minimum atomic E-state index is -0.563. The molecule has 0 spiro atoms. The standard InChI is InChI=1S/C29H37AsFN2O3/c1-5-28(20(2)3)23-14-13-22(31)18-21(23)15-16-29(28,36-27(34)19-35-4)30-17-9-8-12-26-32-24-10-6-7-11-25(24)33-26/h6-7,10-11,13-14,18,20H,5,8-9,12,15-17,19H2,1-4H3,(H,32,33). The minimum absolute atomic E-state index is 0.0525. The molecule has 0 bridgehead atoms. The number of carbonyl (C=O) groups excluding carboxylic acids is 1. The van der Waals surface area contributed by atoms with E-state index in [1.54, 1.807) is 12.1 Å². The van der Waals surface area contributed by atoms with Gasteiger partial charge >= 0.3 is 221 Å². The van der Waals surface area contributed by atoms with Crippen LogP contribution in [-0.4, -0.2) is 49.8 Å². The molecule has 0 aliphatic heterocycles. The van der Waals surface area contributed by atoms with E-state index in [1.807, 2.05) is 24.3 Å². The summed E-state index contributed by atoms with van der Waals surface area (Å²) in [7, 11) is 1.52. The van der Waals surface area contributed by atoms with Gasteiger partial charge in [0.05, 0.1) is 0 Å². The first-order chi connectivity index (χ1) is 17.3. The Morgan fingerprint density at radius 1 is 1.22 bits per heavy atom. The summed E-state index contributed by atoms with van der Waals surface area (Å²) in [5, 5.41) is 1.03. The number of esters is 1. The molecule has 2 atom stereocenters. The molecular formula is C29H37AsFN2O3. The van der Waals surface area contributed by atoms with Gasteiger partial charge in [-0.3, -0.25) is 0 Å². The molecule has 1 aliphatic rings. The van der Waals surface area contributed by atoms with Crippen molar-refractivity contribution in [2.45, 2.75) is 74.3 Å². The Morgan fingerprint density at radius 3 is 2.75 bits per heavy atom. The number of carbonyl (C=O) groups is 1. The number of H-pyrrole nitrogens is 1. The van der Waals surface area contributed by atoms with Gasteiger partial charge in [0.15, 0.2) is 0 Å². The van der Waals surface area contributed by atoms with Gasteiger partial charge in [0.2, 0.25) is 0 Å². The van der Waals surface area contributed by atoms with Gasteiger partial charge in [-0.05, 0) is 0 Å². The quantitative estimate of drug-likeness (QED) is 0.180. The number of unbranched alkanes of at least 4 members (excludes halogenated alkanes) is 1. The van der Waals surface area contributed by atoms with Crippen LogP contribution in [0.2, 0.25) is 5.21 Å². The van der Waals surface area contributed by atoms with Gasteiger partial charge in [-0.1, -0.05) is 0 Å². The Bertz CT molecular complexity index is 1160. The molecule has 193 valence electrons. The van der Waals surface area contributed by atoms with Crippen molar-refractivity contribution in [2.24, 2.45) is 5.92 Å². The number of nitrogens with one attached hydrogen (secondary N) is 1. The van der Waals surface area contributed by atoms with Crippen LogP contribution in [0.1, 0.15) is 63.4 Å². The van der Waals surface area contributed by atoms with E-state index >= 15 is 0 Å². The van der Waals surface area contributed by atoms with Crippen LogP contribution in [0.3, 0.4) is 0 Å². The number of para-hydroxylation sites is 2. The topological polar surface area (TPSA) is 64.2 Å². The van der Waals surface area contributed by atoms with Crippen LogP contribution in [0.5, 0.6) is 0 Å². The van der Waals surface area contributed by atoms with Crippen molar-refractivity contribution >= 4 is 32.8 Å². The summed E-state index contributed by atoms with van der Waals surface area (Å²) in [4.78, 5) is 21.0. The van der Waals surface area contributed by atoms with Crippen LogP contribution in [0.4, 0.5) is 4.39 Å². The number of aromatic nitrogens is 2. The molecule has 5 nitrogen and oxygen atoms in total. The van der Waals surface area contributed by atoms with Crippen LogP contribution in [0, 0.1) is 11.7 Å². The number of nitrogens with zero attached hydrogens (tertiary/aromatic N) is 1. The normalized spacial score (nSPS) is 21.9. The van der Waals surface area contributed by atoms with Gasteiger partial charge in [0.1, 0.15) is 0 Å². The number of aromatic amines is 1. The molecule has 4 rings (SSSR count). The number of hydrogen-bond acceptors (Lipinski definition) is 4. The molecule has 7 heteroatoms. The number of halogens is 1. The molecule has 1 heterocycles. The molecule has 0 saturated heterocycles. The van der Waals surface area contributed by atoms with Gasteiger partial charge in [0.25, 0.3) is 0 Å². The third kappa shape index (κ3) is 5.12. The van der Waals surface area contributed by atoms with E-state index in [9.17, 15) is 9.18 Å². The molecule has 3 aromatic rings. The monoisotopic (exact) mass is 555 g/mol. The van der Waals surface area contributed by atoms with Gasteiger partial charge in [-0.25, -0.2) is 0 Å². The predicted molar refractivity (Wildman–Crippen MR) is 142 cm³/mol. The molecule has 0 amide bonds. The van der Waals surface area contributed by atoms with E-state index in [2.05, 4.69) is 31.8 Å². The van der Waals surface area contributed by atoms with Gasteiger partial charge in [-0.2, -0.15) is 0 Å². The van der Waals surface area contributed by atoms with Gasteiger partial charge < -0.3 is 0 Å². The number of methoxy groups -OCH3 is 1. The number of aryl methyl sites for hydroxylation is 2. The molecule has 0 fully saturated rings. The number of imidazole rings is 1. The van der Waals surface area contributed by atoms with Crippen molar-refractivity contribution in [3.05, 3.63) is 65.2 Å². The van der Waals surface area contributed by atoms with Gasteiger partial charge in [-0.15, -0.1) is 0 Å². The van der Waals surface area contributed by atoms with Crippen LogP contribution < -0.4 is 0 Å². The summed E-state index contributed by atoms with van der Waals surface area (Å²) in [5.74, 6) is 0.741. The first kappa shape index (κ1) is 26.9. The van der Waals surface area contributed by atoms with Crippen LogP contribution >= 0.6 is 0 Å². The number of ether oxygens (including phenoxy) is 2. The maximum absolute atomic E-state index is 14.1. The molecule has 2 unspecified atom stereocenters. The zero-order valence-corrected chi connectivity index (χ0v) is 23.6. The zero-order chi connectivity index (χ0) is 25.8. The van der Waals surface area contributed by atoms with Crippen molar-refractivity contribution in [3.8, 4) is 0 Å². The van der Waals surface area contributed by atoms with Crippen LogP contribution in [-0.2, 0) is 32.5 Å². The number of fused-ring (bicyclic) bond motifs is 2. The summed E-state index contributed by atoms with van der Waals surface area (Å²) in [5.41, 5.74) is 3.93. The first-order valence-electron chi connectivity index (χ1n) is 13.0. The summed E-state index contributed by atoms with van der Waals surface area (Å²) in [6, 6.07) is 13.3. The van der Waals surface area contributed by atoms with E-state index in [-0.39, 0.29) is 45.5 Å². The fourth-order valence-corrected chi connectivity index (χ4v) is 10.3. The Morgan fingerprint density at radius 2 is 2.03 bits per heavy atom. The Balaban J connectivity index is 1.55. The van der Waals surface area contributed by atoms with Crippen molar-refractivity contribution in [2.75, 3.05) is 13.7 Å². The summed E-state index contributed by atoms with van der Waals surface area (Å²) >= 11 is -0.327. The number of benzene rings is 2. The van der Waals surface area contributed by atoms with Gasteiger partial charge in [0, 0.05) is 0 Å². The summed E-state index contributed by atoms with van der Waals surface area (Å²) < 4.78 is 25.2. The molecular weight excluding hydrogens is 518 g/mol. The zero-order valence-electron chi connectivity index (χ0n) is 21.8. The number of hydrogen-bond donors (Lipinski definition) is 1. The molecule has 2 aromatic carbocycles. The second-order valence-corrected chi connectivity index (χ2v) is 13.1.